The standard InChI is InChI=1S/C13H12FNO2.ClH/c14-11-6-5-10(12(15)7-13(16)17)8-3-1-2-4-9(8)11;/h1-6,12H,7,15H2,(H,16,17);1H. The van der Waals surface area contributed by atoms with Gasteiger partial charge in [-0.05, 0) is 17.0 Å². The summed E-state index contributed by atoms with van der Waals surface area (Å²) in [7, 11) is 0. The molecule has 0 saturated heterocycles. The van der Waals surface area contributed by atoms with Crippen LogP contribution >= 0.6 is 12.4 Å². The summed E-state index contributed by atoms with van der Waals surface area (Å²) in [6.07, 6.45) is -0.171. The second kappa shape index (κ2) is 5.80. The summed E-state index contributed by atoms with van der Waals surface area (Å²) in [5.74, 6) is -1.29. The predicted molar refractivity (Wildman–Crippen MR) is 70.3 cm³/mol. The fourth-order valence-electron chi connectivity index (χ4n) is 1.91. The molecule has 3 nitrogen and oxygen atoms in total. The number of aliphatic carboxylic acids is 1. The van der Waals surface area contributed by atoms with Gasteiger partial charge in [0.2, 0.25) is 0 Å². The van der Waals surface area contributed by atoms with Gasteiger partial charge in [-0.25, -0.2) is 4.39 Å². The maximum atomic E-state index is 13.5. The molecule has 2 aromatic carbocycles. The largest absolute Gasteiger partial charge is 0.481 e. The molecule has 0 aliphatic rings. The van der Waals surface area contributed by atoms with Gasteiger partial charge in [0.1, 0.15) is 5.82 Å². The summed E-state index contributed by atoms with van der Waals surface area (Å²) < 4.78 is 13.5. The molecular weight excluding hydrogens is 257 g/mol. The lowest BCUT2D eigenvalue weighted by Crippen LogP contribution is -2.15. The van der Waals surface area contributed by atoms with Crippen molar-refractivity contribution in [3.63, 3.8) is 0 Å². The highest BCUT2D eigenvalue weighted by Gasteiger charge is 2.14. The highest BCUT2D eigenvalue weighted by atomic mass is 35.5. The molecule has 0 heterocycles. The molecule has 1 unspecified atom stereocenters. The number of hydrogen-bond acceptors (Lipinski definition) is 2. The maximum Gasteiger partial charge on any atom is 0.305 e. The Balaban J connectivity index is 0.00000162. The number of hydrogen-bond donors (Lipinski definition) is 2. The molecule has 5 heteroatoms. The van der Waals surface area contributed by atoms with Gasteiger partial charge in [0, 0.05) is 11.4 Å². The molecule has 0 fully saturated rings. The minimum absolute atomic E-state index is 0. The van der Waals surface area contributed by atoms with Crippen LogP contribution in [0.1, 0.15) is 18.0 Å². The molecule has 0 bridgehead atoms. The summed E-state index contributed by atoms with van der Waals surface area (Å²) in [6.45, 7) is 0. The second-order valence-electron chi connectivity index (χ2n) is 3.89. The van der Waals surface area contributed by atoms with Crippen molar-refractivity contribution in [3.8, 4) is 0 Å². The lowest BCUT2D eigenvalue weighted by atomic mass is 9.97. The molecule has 0 radical (unpaired) electrons. The van der Waals surface area contributed by atoms with Crippen LogP contribution in [0.2, 0.25) is 0 Å². The van der Waals surface area contributed by atoms with Crippen LogP contribution < -0.4 is 5.73 Å². The highest BCUT2D eigenvalue weighted by Crippen LogP contribution is 2.26. The van der Waals surface area contributed by atoms with E-state index in [1.54, 1.807) is 30.3 Å². The number of benzene rings is 2. The Labute approximate surface area is 110 Å². The van der Waals surface area contributed by atoms with Gasteiger partial charge in [0.25, 0.3) is 0 Å². The van der Waals surface area contributed by atoms with E-state index in [0.717, 1.165) is 0 Å². The minimum atomic E-state index is -0.967. The molecule has 96 valence electrons. The normalized spacial score (nSPS) is 11.9. The summed E-state index contributed by atoms with van der Waals surface area (Å²) >= 11 is 0. The van der Waals surface area contributed by atoms with E-state index in [-0.39, 0.29) is 24.6 Å². The molecule has 3 N–H and O–H groups in total. The molecule has 1 atom stereocenters. The fourth-order valence-corrected chi connectivity index (χ4v) is 1.91. The molecule has 0 saturated carbocycles. The van der Waals surface area contributed by atoms with E-state index in [0.29, 0.717) is 16.3 Å². The van der Waals surface area contributed by atoms with Crippen molar-refractivity contribution >= 4 is 29.1 Å². The van der Waals surface area contributed by atoms with E-state index in [1.807, 2.05) is 0 Å². The van der Waals surface area contributed by atoms with Gasteiger partial charge in [0.15, 0.2) is 0 Å². The SMILES string of the molecule is Cl.NC(CC(=O)O)c1ccc(F)c2ccccc12. The summed E-state index contributed by atoms with van der Waals surface area (Å²) in [5.41, 5.74) is 6.47. The van der Waals surface area contributed by atoms with Gasteiger partial charge >= 0.3 is 5.97 Å². The van der Waals surface area contributed by atoms with Gasteiger partial charge in [-0.3, -0.25) is 4.79 Å². The van der Waals surface area contributed by atoms with Crippen molar-refractivity contribution in [2.75, 3.05) is 0 Å². The Hall–Kier alpha value is -1.65. The number of fused-ring (bicyclic) bond motifs is 1. The lowest BCUT2D eigenvalue weighted by molar-refractivity contribution is -0.137. The Kier molecular flexibility index (Phi) is 4.64. The van der Waals surface area contributed by atoms with Crippen molar-refractivity contribution in [2.24, 2.45) is 5.73 Å². The number of carboxylic acids is 1. The van der Waals surface area contributed by atoms with Gasteiger partial charge < -0.3 is 10.8 Å². The van der Waals surface area contributed by atoms with Crippen LogP contribution in [-0.2, 0) is 4.79 Å². The second-order valence-corrected chi connectivity index (χ2v) is 3.89. The molecule has 2 aromatic rings. The Morgan fingerprint density at radius 3 is 2.44 bits per heavy atom. The Morgan fingerprint density at radius 2 is 1.83 bits per heavy atom. The third kappa shape index (κ3) is 2.78. The molecule has 2 rings (SSSR count). The maximum absolute atomic E-state index is 13.5. The van der Waals surface area contributed by atoms with Crippen molar-refractivity contribution in [3.05, 3.63) is 47.8 Å². The average molecular weight is 270 g/mol. The quantitative estimate of drug-likeness (QED) is 0.901. The first-order chi connectivity index (χ1) is 8.09. The van der Waals surface area contributed by atoms with Gasteiger partial charge in [0.05, 0.1) is 6.42 Å². The first kappa shape index (κ1) is 14.4. The van der Waals surface area contributed by atoms with Crippen molar-refractivity contribution in [1.82, 2.24) is 0 Å². The summed E-state index contributed by atoms with van der Waals surface area (Å²) in [4.78, 5) is 10.6. The zero-order valence-electron chi connectivity index (χ0n) is 9.47. The van der Waals surface area contributed by atoms with Gasteiger partial charge in [-0.2, -0.15) is 0 Å². The number of carbonyl (C=O) groups is 1. The van der Waals surface area contributed by atoms with Crippen LogP contribution in [0.25, 0.3) is 10.8 Å². The Bertz CT molecular complexity index is 574. The third-order valence-corrected chi connectivity index (χ3v) is 2.70. The monoisotopic (exact) mass is 269 g/mol. The zero-order chi connectivity index (χ0) is 12.4. The van der Waals surface area contributed by atoms with E-state index in [2.05, 4.69) is 0 Å². The molecule has 0 amide bonds. The number of nitrogens with two attached hydrogens (primary N) is 1. The molecule has 18 heavy (non-hydrogen) atoms. The summed E-state index contributed by atoms with van der Waals surface area (Å²) in [5, 5.41) is 9.85. The van der Waals surface area contributed by atoms with Crippen molar-refractivity contribution in [2.45, 2.75) is 12.5 Å². The van der Waals surface area contributed by atoms with E-state index in [1.165, 1.54) is 6.07 Å². The zero-order valence-corrected chi connectivity index (χ0v) is 10.3. The van der Waals surface area contributed by atoms with Crippen LogP contribution in [-0.4, -0.2) is 11.1 Å². The number of rotatable bonds is 3. The topological polar surface area (TPSA) is 63.3 Å². The van der Waals surface area contributed by atoms with Crippen LogP contribution in [0.3, 0.4) is 0 Å². The predicted octanol–water partition coefficient (Wildman–Crippen LogP) is 2.88. The van der Waals surface area contributed by atoms with E-state index < -0.39 is 12.0 Å². The fraction of sp³-hybridized carbons (Fsp3) is 0.154. The molecular formula is C13H13ClFNO2. The molecule has 0 spiro atoms. The average Bonchev–Trinajstić information content (AvgIpc) is 2.29. The lowest BCUT2D eigenvalue weighted by Gasteiger charge is -2.13. The number of halogens is 2. The Morgan fingerprint density at radius 1 is 1.22 bits per heavy atom. The van der Waals surface area contributed by atoms with Crippen LogP contribution in [0.15, 0.2) is 36.4 Å². The highest BCUT2D eigenvalue weighted by molar-refractivity contribution is 5.87. The minimum Gasteiger partial charge on any atom is -0.481 e. The van der Waals surface area contributed by atoms with Gasteiger partial charge in [-0.15, -0.1) is 12.4 Å². The first-order valence-electron chi connectivity index (χ1n) is 5.24. The van der Waals surface area contributed by atoms with E-state index in [4.69, 9.17) is 10.8 Å². The molecule has 0 aromatic heterocycles. The first-order valence-corrected chi connectivity index (χ1v) is 5.24. The van der Waals surface area contributed by atoms with Crippen LogP contribution in [0, 0.1) is 5.82 Å². The third-order valence-electron chi connectivity index (χ3n) is 2.70. The van der Waals surface area contributed by atoms with Crippen molar-refractivity contribution < 1.29 is 14.3 Å². The molecule has 0 aliphatic heterocycles. The van der Waals surface area contributed by atoms with Crippen molar-refractivity contribution in [1.29, 1.82) is 0 Å². The van der Waals surface area contributed by atoms with Crippen LogP contribution in [0.5, 0.6) is 0 Å². The van der Waals surface area contributed by atoms with Gasteiger partial charge in [-0.1, -0.05) is 30.3 Å². The van der Waals surface area contributed by atoms with E-state index in [9.17, 15) is 9.18 Å². The van der Waals surface area contributed by atoms with Crippen LogP contribution in [0.4, 0.5) is 4.39 Å². The number of carboxylic acid groups (broad SMARTS) is 1. The molecule has 0 aliphatic carbocycles. The summed E-state index contributed by atoms with van der Waals surface area (Å²) in [6, 6.07) is 9.15. The van der Waals surface area contributed by atoms with E-state index >= 15 is 0 Å². The smallest absolute Gasteiger partial charge is 0.305 e.